The summed E-state index contributed by atoms with van der Waals surface area (Å²) >= 11 is 0. The number of ether oxygens (including phenoxy) is 1. The maximum atomic E-state index is 11.5. The molecule has 0 unspecified atom stereocenters. The predicted molar refractivity (Wildman–Crippen MR) is 68.6 cm³/mol. The first-order valence-electron chi connectivity index (χ1n) is 6.06. The largest absolute Gasteiger partial charge is 0.491 e. The van der Waals surface area contributed by atoms with Crippen LogP contribution in [0.5, 0.6) is 5.75 Å². The van der Waals surface area contributed by atoms with E-state index in [0.29, 0.717) is 18.8 Å². The first-order valence-corrected chi connectivity index (χ1v) is 6.06. The topological polar surface area (TPSA) is 73.5 Å². The Balaban J connectivity index is 2.62. The van der Waals surface area contributed by atoms with Gasteiger partial charge in [-0.2, -0.15) is 0 Å². The molecule has 1 heterocycles. The summed E-state index contributed by atoms with van der Waals surface area (Å²) in [4.78, 5) is 14.5. The van der Waals surface area contributed by atoms with Crippen LogP contribution in [-0.4, -0.2) is 23.6 Å². The zero-order chi connectivity index (χ0) is 13.4. The summed E-state index contributed by atoms with van der Waals surface area (Å²) in [6.45, 7) is 3.15. The van der Waals surface area contributed by atoms with Crippen molar-refractivity contribution in [2.24, 2.45) is 0 Å². The Morgan fingerprint density at radius 1 is 1.50 bits per heavy atom. The van der Waals surface area contributed by atoms with Gasteiger partial charge in [0.1, 0.15) is 6.54 Å². The number of aromatic nitrogens is 1. The fourth-order valence-electron chi connectivity index (χ4n) is 1.65. The highest BCUT2D eigenvalue weighted by Gasteiger charge is 2.14. The van der Waals surface area contributed by atoms with Gasteiger partial charge in [0.05, 0.1) is 13.7 Å². The van der Waals surface area contributed by atoms with Crippen LogP contribution in [0.3, 0.4) is 0 Å². The molecule has 6 nitrogen and oxygen atoms in total. The molecule has 6 heteroatoms. The molecule has 0 amide bonds. The number of methoxy groups -OCH3 is 1. The van der Waals surface area contributed by atoms with Crippen molar-refractivity contribution in [3.8, 4) is 5.75 Å². The number of nitrogens with zero attached hydrogens (tertiary/aromatic N) is 3. The number of hydrogen-bond donors (Lipinski definition) is 1. The van der Waals surface area contributed by atoms with Crippen LogP contribution >= 0.6 is 0 Å². The summed E-state index contributed by atoms with van der Waals surface area (Å²) in [5.41, 5.74) is 0.507. The van der Waals surface area contributed by atoms with Crippen LogP contribution in [0, 0.1) is 5.39 Å². The van der Waals surface area contributed by atoms with Crippen LogP contribution in [0.4, 0.5) is 0 Å². The molecule has 0 aliphatic carbocycles. The fraction of sp³-hybridized carbons (Fsp3) is 0.583. The van der Waals surface area contributed by atoms with Gasteiger partial charge in [-0.05, 0) is 11.4 Å². The molecule has 0 saturated heterocycles. The highest BCUT2D eigenvalue weighted by Crippen LogP contribution is 2.06. The van der Waals surface area contributed by atoms with E-state index in [2.05, 4.69) is 17.0 Å². The molecule has 0 spiro atoms. The molecular formula is C12H19N4O2+. The number of aromatic amines is 1. The molecule has 0 fully saturated rings. The molecule has 0 atom stereocenters. The Morgan fingerprint density at radius 2 is 2.28 bits per heavy atom. The molecule has 0 saturated carbocycles. The number of H-pyrrole nitrogens is 1. The van der Waals surface area contributed by atoms with Crippen molar-refractivity contribution in [1.29, 1.82) is 5.39 Å². The van der Waals surface area contributed by atoms with Gasteiger partial charge in [-0.15, -0.1) is 0 Å². The third kappa shape index (κ3) is 4.09. The monoisotopic (exact) mass is 251 g/mol. The maximum Gasteiger partial charge on any atom is 0.305 e. The second kappa shape index (κ2) is 7.33. The molecule has 0 aliphatic heterocycles. The Kier molecular flexibility index (Phi) is 5.71. The van der Waals surface area contributed by atoms with E-state index in [1.165, 1.54) is 24.4 Å². The van der Waals surface area contributed by atoms with Gasteiger partial charge in [0, 0.05) is 18.0 Å². The number of nitrogens with one attached hydrogen (secondary N) is 1. The molecule has 0 aromatic carbocycles. The summed E-state index contributed by atoms with van der Waals surface area (Å²) in [7, 11) is 1.45. The van der Waals surface area contributed by atoms with Gasteiger partial charge in [-0.3, -0.25) is 4.79 Å². The van der Waals surface area contributed by atoms with Crippen molar-refractivity contribution in [3.63, 3.8) is 0 Å². The van der Waals surface area contributed by atoms with E-state index in [4.69, 9.17) is 10.1 Å². The summed E-state index contributed by atoms with van der Waals surface area (Å²) in [6.07, 6.45) is 4.67. The lowest BCUT2D eigenvalue weighted by Gasteiger charge is -2.05. The van der Waals surface area contributed by atoms with Crippen LogP contribution in [0.25, 0.3) is 5.08 Å². The molecule has 1 aromatic heterocycles. The highest BCUT2D eigenvalue weighted by molar-refractivity contribution is 5.20. The van der Waals surface area contributed by atoms with Gasteiger partial charge in [-0.25, -0.2) is 0 Å². The lowest BCUT2D eigenvalue weighted by atomic mass is 10.2. The molecule has 1 aromatic rings. The summed E-state index contributed by atoms with van der Waals surface area (Å²) in [5, 5.41) is 13.6. The number of diazo groups is 1. The molecule has 1 rings (SSSR count). The first-order chi connectivity index (χ1) is 8.71. The van der Waals surface area contributed by atoms with Crippen molar-refractivity contribution in [1.82, 2.24) is 9.99 Å². The SMILES string of the molecule is CCCCCN(Cc1cc(=O)c(OC)c[nH]1)[N+]#N. The third-order valence-corrected chi connectivity index (χ3v) is 2.66. The zero-order valence-corrected chi connectivity index (χ0v) is 10.8. The van der Waals surface area contributed by atoms with Gasteiger partial charge in [0.25, 0.3) is 5.39 Å². The molecular weight excluding hydrogens is 232 g/mol. The molecule has 98 valence electrons. The van der Waals surface area contributed by atoms with Crippen molar-refractivity contribution >= 4 is 0 Å². The average Bonchev–Trinajstić information content (AvgIpc) is 2.38. The fourth-order valence-corrected chi connectivity index (χ4v) is 1.65. The van der Waals surface area contributed by atoms with E-state index in [9.17, 15) is 4.79 Å². The minimum absolute atomic E-state index is 0.183. The minimum atomic E-state index is -0.183. The number of rotatable bonds is 7. The Hall–Kier alpha value is -2.03. The standard InChI is InChI=1S/C12H18N4O2/c1-3-4-5-6-16(15-13)9-10-7-11(17)12(18-2)8-14-10/h7-8H,3-6,9H2,1-2H3/p+1. The molecule has 18 heavy (non-hydrogen) atoms. The van der Waals surface area contributed by atoms with Gasteiger partial charge in [-0.1, -0.05) is 19.8 Å². The smallest absolute Gasteiger partial charge is 0.305 e. The third-order valence-electron chi connectivity index (χ3n) is 2.66. The molecule has 0 radical (unpaired) electrons. The maximum absolute atomic E-state index is 11.5. The Bertz CT molecular complexity index is 464. The van der Waals surface area contributed by atoms with Crippen molar-refractivity contribution in [2.75, 3.05) is 13.7 Å². The van der Waals surface area contributed by atoms with E-state index < -0.39 is 0 Å². The molecule has 1 N–H and O–H groups in total. The minimum Gasteiger partial charge on any atom is -0.491 e. The molecule has 0 aliphatic rings. The van der Waals surface area contributed by atoms with Gasteiger partial charge in [0.2, 0.25) is 5.43 Å². The van der Waals surface area contributed by atoms with Gasteiger partial charge >= 0.3 is 5.08 Å². The van der Waals surface area contributed by atoms with Crippen molar-refractivity contribution in [3.05, 3.63) is 33.3 Å². The second-order valence-corrected chi connectivity index (χ2v) is 4.08. The Labute approximate surface area is 106 Å². The summed E-state index contributed by atoms with van der Waals surface area (Å²) in [6, 6.07) is 1.46. The number of pyridine rings is 1. The summed E-state index contributed by atoms with van der Waals surface area (Å²) in [5.74, 6) is 0.275. The van der Waals surface area contributed by atoms with Crippen LogP contribution < -0.4 is 10.2 Å². The van der Waals surface area contributed by atoms with E-state index in [-0.39, 0.29) is 11.2 Å². The van der Waals surface area contributed by atoms with Crippen LogP contribution in [0.1, 0.15) is 31.9 Å². The van der Waals surface area contributed by atoms with Crippen molar-refractivity contribution < 1.29 is 4.74 Å². The number of unbranched alkanes of at least 4 members (excludes halogenated alkanes) is 2. The molecule has 0 bridgehead atoms. The van der Waals surface area contributed by atoms with E-state index in [1.807, 2.05) is 0 Å². The van der Waals surface area contributed by atoms with E-state index >= 15 is 0 Å². The normalized spacial score (nSPS) is 9.83. The quantitative estimate of drug-likeness (QED) is 0.458. The predicted octanol–water partition coefficient (Wildman–Crippen LogP) is 2.14. The summed E-state index contributed by atoms with van der Waals surface area (Å²) < 4.78 is 4.88. The lowest BCUT2D eigenvalue weighted by Crippen LogP contribution is -2.18. The van der Waals surface area contributed by atoms with Gasteiger partial charge < -0.3 is 9.72 Å². The van der Waals surface area contributed by atoms with E-state index in [0.717, 1.165) is 19.3 Å². The highest BCUT2D eigenvalue weighted by atomic mass is 16.5. The van der Waals surface area contributed by atoms with Crippen LogP contribution in [-0.2, 0) is 6.54 Å². The average molecular weight is 251 g/mol. The number of hydrogen-bond acceptors (Lipinski definition) is 4. The van der Waals surface area contributed by atoms with Gasteiger partial charge in [0.15, 0.2) is 5.75 Å². The van der Waals surface area contributed by atoms with Crippen LogP contribution in [0.15, 0.2) is 17.1 Å². The first kappa shape index (κ1) is 14.0. The van der Waals surface area contributed by atoms with Crippen molar-refractivity contribution in [2.45, 2.75) is 32.7 Å². The van der Waals surface area contributed by atoms with E-state index in [1.54, 1.807) is 0 Å². The van der Waals surface area contributed by atoms with Crippen LogP contribution in [0.2, 0.25) is 0 Å². The Morgan fingerprint density at radius 3 is 2.83 bits per heavy atom. The second-order valence-electron chi connectivity index (χ2n) is 4.08. The zero-order valence-electron chi connectivity index (χ0n) is 10.8. The lowest BCUT2D eigenvalue weighted by molar-refractivity contribution is 0.339.